The smallest absolute Gasteiger partial charge is 0.256 e. The molecule has 26 heavy (non-hydrogen) atoms. The van der Waals surface area contributed by atoms with E-state index in [1.165, 1.54) is 5.56 Å². The number of amides is 1. The number of rotatable bonds is 3. The normalized spacial score (nSPS) is 36.6. The molecule has 4 atom stereocenters. The highest BCUT2D eigenvalue weighted by molar-refractivity contribution is 5.92. The Balaban J connectivity index is 1.78. The SMILES string of the molecule is COc1cc2c(cc1OC)[C@@]13C[C@@H](OC)C=C[C@@]14O[C@H]4C(=O)N3CCC2. The number of fused-ring (bicyclic) bond motifs is 1. The van der Waals surface area contributed by atoms with E-state index in [0.29, 0.717) is 12.2 Å². The predicted octanol–water partition coefficient (Wildman–Crippen LogP) is 1.80. The fourth-order valence-electron chi connectivity index (χ4n) is 5.26. The van der Waals surface area contributed by atoms with Gasteiger partial charge in [-0.3, -0.25) is 4.79 Å². The van der Waals surface area contributed by atoms with Crippen molar-refractivity contribution in [3.63, 3.8) is 0 Å². The highest BCUT2D eigenvalue weighted by Gasteiger charge is 2.81. The van der Waals surface area contributed by atoms with Crippen molar-refractivity contribution in [2.45, 2.75) is 42.6 Å². The Hall–Kier alpha value is -2.05. The second-order valence-electron chi connectivity index (χ2n) is 7.45. The highest BCUT2D eigenvalue weighted by Crippen LogP contribution is 2.66. The van der Waals surface area contributed by atoms with Gasteiger partial charge in [0, 0.05) is 20.1 Å². The summed E-state index contributed by atoms with van der Waals surface area (Å²) in [6.07, 6.45) is 6.15. The van der Waals surface area contributed by atoms with Gasteiger partial charge in [0.2, 0.25) is 0 Å². The fourth-order valence-corrected chi connectivity index (χ4v) is 5.26. The van der Waals surface area contributed by atoms with Crippen LogP contribution in [0.2, 0.25) is 0 Å². The molecule has 0 saturated carbocycles. The van der Waals surface area contributed by atoms with E-state index < -0.39 is 11.1 Å². The van der Waals surface area contributed by atoms with Gasteiger partial charge in [0.25, 0.3) is 5.91 Å². The minimum atomic E-state index is -0.586. The van der Waals surface area contributed by atoms with E-state index in [1.54, 1.807) is 21.3 Å². The first-order valence-electron chi connectivity index (χ1n) is 9.08. The maximum absolute atomic E-state index is 13.0. The van der Waals surface area contributed by atoms with Crippen LogP contribution in [0.25, 0.3) is 0 Å². The van der Waals surface area contributed by atoms with Crippen LogP contribution in [0, 0.1) is 0 Å². The molecule has 4 aliphatic rings. The Morgan fingerprint density at radius 2 is 1.96 bits per heavy atom. The van der Waals surface area contributed by atoms with Gasteiger partial charge >= 0.3 is 0 Å². The van der Waals surface area contributed by atoms with Crippen molar-refractivity contribution in [3.05, 3.63) is 35.4 Å². The Morgan fingerprint density at radius 1 is 1.19 bits per heavy atom. The molecule has 2 saturated heterocycles. The first kappa shape index (κ1) is 16.1. The molecule has 1 aromatic rings. The number of hydrogen-bond donors (Lipinski definition) is 0. The molecule has 6 nitrogen and oxygen atoms in total. The monoisotopic (exact) mass is 357 g/mol. The Bertz CT molecular complexity index is 821. The molecule has 0 bridgehead atoms. The Kier molecular flexibility index (Phi) is 3.25. The van der Waals surface area contributed by atoms with Crippen molar-refractivity contribution in [2.75, 3.05) is 27.9 Å². The average Bonchev–Trinajstić information content (AvgIpc) is 3.38. The van der Waals surface area contributed by atoms with Crippen LogP contribution >= 0.6 is 0 Å². The lowest BCUT2D eigenvalue weighted by Gasteiger charge is -2.46. The van der Waals surface area contributed by atoms with Crippen LogP contribution in [0.4, 0.5) is 0 Å². The lowest BCUT2D eigenvalue weighted by Crippen LogP contribution is -2.55. The van der Waals surface area contributed by atoms with Gasteiger partial charge in [0.15, 0.2) is 23.2 Å². The van der Waals surface area contributed by atoms with Crippen LogP contribution in [0.5, 0.6) is 11.5 Å². The minimum Gasteiger partial charge on any atom is -0.493 e. The third-order valence-electron chi connectivity index (χ3n) is 6.48. The summed E-state index contributed by atoms with van der Waals surface area (Å²) in [5, 5.41) is 0. The first-order chi connectivity index (χ1) is 12.6. The van der Waals surface area contributed by atoms with Crippen molar-refractivity contribution in [3.8, 4) is 11.5 Å². The van der Waals surface area contributed by atoms with Crippen molar-refractivity contribution in [1.82, 2.24) is 4.90 Å². The van der Waals surface area contributed by atoms with Gasteiger partial charge in [0.05, 0.1) is 20.3 Å². The summed E-state index contributed by atoms with van der Waals surface area (Å²) >= 11 is 0. The third-order valence-corrected chi connectivity index (χ3v) is 6.48. The maximum Gasteiger partial charge on any atom is 0.256 e. The Morgan fingerprint density at radius 3 is 2.69 bits per heavy atom. The number of ether oxygens (including phenoxy) is 4. The van der Waals surface area contributed by atoms with Gasteiger partial charge in [-0.05, 0) is 42.2 Å². The van der Waals surface area contributed by atoms with Crippen LogP contribution in [0.1, 0.15) is 24.0 Å². The molecular formula is C20H23NO5. The molecule has 0 N–H and O–H groups in total. The molecule has 1 amide bonds. The van der Waals surface area contributed by atoms with Gasteiger partial charge in [-0.2, -0.15) is 0 Å². The maximum atomic E-state index is 13.0. The molecule has 0 unspecified atom stereocenters. The van der Waals surface area contributed by atoms with Crippen LogP contribution < -0.4 is 9.47 Å². The lowest BCUT2D eigenvalue weighted by atomic mass is 9.69. The average molecular weight is 357 g/mol. The molecule has 6 heteroatoms. The van der Waals surface area contributed by atoms with Gasteiger partial charge in [-0.15, -0.1) is 0 Å². The summed E-state index contributed by atoms with van der Waals surface area (Å²) in [7, 11) is 5.00. The van der Waals surface area contributed by atoms with E-state index in [4.69, 9.17) is 18.9 Å². The van der Waals surface area contributed by atoms with Crippen LogP contribution in [0.15, 0.2) is 24.3 Å². The number of carbonyl (C=O) groups is 1. The molecule has 138 valence electrons. The molecule has 5 rings (SSSR count). The number of epoxide rings is 1. The van der Waals surface area contributed by atoms with E-state index >= 15 is 0 Å². The largest absolute Gasteiger partial charge is 0.493 e. The summed E-state index contributed by atoms with van der Waals surface area (Å²) in [6.45, 7) is 0.726. The summed E-state index contributed by atoms with van der Waals surface area (Å²) < 4.78 is 22.8. The fraction of sp³-hybridized carbons (Fsp3) is 0.550. The van der Waals surface area contributed by atoms with Crippen LogP contribution in [0.3, 0.4) is 0 Å². The number of carbonyl (C=O) groups excluding carboxylic acids is 1. The van der Waals surface area contributed by atoms with E-state index in [-0.39, 0.29) is 18.1 Å². The molecule has 1 aromatic carbocycles. The van der Waals surface area contributed by atoms with Gasteiger partial charge < -0.3 is 23.8 Å². The molecule has 3 heterocycles. The Labute approximate surface area is 152 Å². The van der Waals surface area contributed by atoms with E-state index in [1.807, 2.05) is 17.0 Å². The summed E-state index contributed by atoms with van der Waals surface area (Å²) in [5.74, 6) is 1.49. The lowest BCUT2D eigenvalue weighted by molar-refractivity contribution is -0.142. The zero-order valence-electron chi connectivity index (χ0n) is 15.3. The molecular weight excluding hydrogens is 334 g/mol. The topological polar surface area (TPSA) is 60.5 Å². The second-order valence-corrected chi connectivity index (χ2v) is 7.45. The molecule has 1 aliphatic carbocycles. The van der Waals surface area contributed by atoms with Crippen molar-refractivity contribution in [2.24, 2.45) is 0 Å². The molecule has 0 aromatic heterocycles. The third kappa shape index (κ3) is 1.71. The quantitative estimate of drug-likeness (QED) is 0.610. The standard InChI is InChI=1S/C20H23NO5/c1-23-13-6-7-20-17(26-20)18(22)21-8-4-5-12-9-15(24-2)16(25-3)10-14(12)19(20,21)11-13/h6-7,9-10,13,17H,4-5,8,11H2,1-3H3/t13-,17-,19-,20-/m0/s1. The molecule has 2 spiro atoms. The van der Waals surface area contributed by atoms with Crippen molar-refractivity contribution < 1.29 is 23.7 Å². The zero-order valence-corrected chi connectivity index (χ0v) is 15.3. The summed E-state index contributed by atoms with van der Waals surface area (Å²) in [4.78, 5) is 15.1. The van der Waals surface area contributed by atoms with Gasteiger partial charge in [-0.25, -0.2) is 0 Å². The van der Waals surface area contributed by atoms with Gasteiger partial charge in [0.1, 0.15) is 5.54 Å². The van der Waals surface area contributed by atoms with E-state index in [9.17, 15) is 4.79 Å². The highest BCUT2D eigenvalue weighted by atomic mass is 16.6. The number of morpholine rings is 1. The molecule has 3 aliphatic heterocycles. The summed E-state index contributed by atoms with van der Waals surface area (Å²) in [6, 6.07) is 4.10. The minimum absolute atomic E-state index is 0.0575. The number of benzene rings is 1. The molecule has 0 radical (unpaired) electrons. The van der Waals surface area contributed by atoms with Crippen molar-refractivity contribution >= 4 is 5.91 Å². The molecule has 2 fully saturated rings. The van der Waals surface area contributed by atoms with E-state index in [0.717, 1.165) is 30.7 Å². The van der Waals surface area contributed by atoms with Crippen LogP contribution in [-0.2, 0) is 26.2 Å². The van der Waals surface area contributed by atoms with E-state index in [2.05, 4.69) is 12.1 Å². The van der Waals surface area contributed by atoms with Crippen LogP contribution in [-0.4, -0.2) is 56.5 Å². The number of nitrogens with zero attached hydrogens (tertiary/aromatic N) is 1. The van der Waals surface area contributed by atoms with Gasteiger partial charge in [-0.1, -0.05) is 6.08 Å². The number of methoxy groups -OCH3 is 3. The number of aryl methyl sites for hydroxylation is 1. The number of hydrogen-bond acceptors (Lipinski definition) is 5. The summed E-state index contributed by atoms with van der Waals surface area (Å²) in [5.41, 5.74) is 1.17. The zero-order chi connectivity index (χ0) is 18.1. The second kappa shape index (κ2) is 5.24. The predicted molar refractivity (Wildman–Crippen MR) is 93.4 cm³/mol. The first-order valence-corrected chi connectivity index (χ1v) is 9.08. The van der Waals surface area contributed by atoms with Crippen molar-refractivity contribution in [1.29, 1.82) is 0 Å².